The van der Waals surface area contributed by atoms with Crippen LogP contribution < -0.4 is 10.2 Å². The van der Waals surface area contributed by atoms with Crippen LogP contribution in [0.4, 0.5) is 10.6 Å². The Morgan fingerprint density at radius 3 is 2.43 bits per heavy atom. The lowest BCUT2D eigenvalue weighted by molar-refractivity contribution is 0.0958. The molecule has 3 fully saturated rings. The Balaban J connectivity index is 1.34. The van der Waals surface area contributed by atoms with Crippen LogP contribution in [0.2, 0.25) is 0 Å². The van der Waals surface area contributed by atoms with E-state index in [1.165, 1.54) is 19.3 Å². The van der Waals surface area contributed by atoms with E-state index in [-0.39, 0.29) is 11.8 Å². The summed E-state index contributed by atoms with van der Waals surface area (Å²) in [5.41, 5.74) is 0.690. The highest BCUT2D eigenvalue weighted by Crippen LogP contribution is 2.38. The van der Waals surface area contributed by atoms with Gasteiger partial charge in [0.25, 0.3) is 0 Å². The van der Waals surface area contributed by atoms with Crippen molar-refractivity contribution in [2.75, 3.05) is 24.5 Å². The maximum absolute atomic E-state index is 12.5. The molecule has 7 nitrogen and oxygen atoms in total. The summed E-state index contributed by atoms with van der Waals surface area (Å²) in [6.45, 7) is 3.06. The summed E-state index contributed by atoms with van der Waals surface area (Å²) < 4.78 is 0. The van der Waals surface area contributed by atoms with Crippen molar-refractivity contribution >= 4 is 17.7 Å². The molecular formula is C21H30N4O3. The van der Waals surface area contributed by atoms with Gasteiger partial charge in [0.2, 0.25) is 0 Å². The van der Waals surface area contributed by atoms with Gasteiger partial charge in [0, 0.05) is 42.9 Å². The van der Waals surface area contributed by atoms with Crippen molar-refractivity contribution in [3.05, 3.63) is 23.9 Å². The third-order valence-electron chi connectivity index (χ3n) is 6.50. The molecule has 3 saturated heterocycles. The maximum Gasteiger partial charge on any atom is 0.404 e. The van der Waals surface area contributed by atoms with Gasteiger partial charge < -0.3 is 20.2 Å². The van der Waals surface area contributed by atoms with Crippen LogP contribution in [0, 0.1) is 0 Å². The molecule has 4 rings (SSSR count). The van der Waals surface area contributed by atoms with Crippen molar-refractivity contribution in [3.63, 3.8) is 0 Å². The molecule has 1 unspecified atom stereocenters. The van der Waals surface area contributed by atoms with Gasteiger partial charge in [-0.3, -0.25) is 4.79 Å². The van der Waals surface area contributed by atoms with Crippen molar-refractivity contribution in [1.82, 2.24) is 15.2 Å². The predicted octanol–water partition coefficient (Wildman–Crippen LogP) is 2.91. The molecule has 1 amide bonds. The van der Waals surface area contributed by atoms with Crippen LogP contribution in [0.1, 0.15) is 61.7 Å². The highest BCUT2D eigenvalue weighted by atomic mass is 16.4. The molecule has 0 aromatic carbocycles. The first kappa shape index (κ1) is 19.2. The number of aromatic nitrogens is 1. The van der Waals surface area contributed by atoms with E-state index >= 15 is 0 Å². The SMILES string of the molecule is O=C(O)NC1C[C@H]2CC[C@@H](C1)N2c1ccc(C(=O)CCN2CCCCC2)cn1. The molecule has 0 aliphatic carbocycles. The van der Waals surface area contributed by atoms with Crippen molar-refractivity contribution in [2.45, 2.75) is 69.5 Å². The number of hydrogen-bond donors (Lipinski definition) is 2. The number of Topliss-reactive ketones (excluding diaryl/α,β-unsaturated/α-hetero) is 1. The average molecular weight is 386 g/mol. The van der Waals surface area contributed by atoms with Crippen molar-refractivity contribution in [1.29, 1.82) is 0 Å². The molecular weight excluding hydrogens is 356 g/mol. The molecule has 0 saturated carbocycles. The fourth-order valence-corrected chi connectivity index (χ4v) is 5.13. The van der Waals surface area contributed by atoms with Gasteiger partial charge in [-0.1, -0.05) is 6.42 Å². The average Bonchev–Trinajstić information content (AvgIpc) is 2.97. The van der Waals surface area contributed by atoms with E-state index < -0.39 is 6.09 Å². The molecule has 3 aliphatic heterocycles. The Morgan fingerprint density at radius 1 is 1.11 bits per heavy atom. The zero-order valence-corrected chi connectivity index (χ0v) is 16.3. The van der Waals surface area contributed by atoms with E-state index in [9.17, 15) is 9.59 Å². The Hall–Kier alpha value is -2.15. The van der Waals surface area contributed by atoms with E-state index in [1.807, 2.05) is 12.1 Å². The van der Waals surface area contributed by atoms with Crippen molar-refractivity contribution in [2.24, 2.45) is 0 Å². The highest BCUT2D eigenvalue weighted by Gasteiger charge is 2.41. The van der Waals surface area contributed by atoms with Crippen molar-refractivity contribution in [3.8, 4) is 0 Å². The second kappa shape index (κ2) is 8.47. The monoisotopic (exact) mass is 386 g/mol. The summed E-state index contributed by atoms with van der Waals surface area (Å²) >= 11 is 0. The van der Waals surface area contributed by atoms with Crippen LogP contribution in [-0.4, -0.2) is 64.6 Å². The van der Waals surface area contributed by atoms with Gasteiger partial charge in [0.05, 0.1) is 0 Å². The van der Waals surface area contributed by atoms with Gasteiger partial charge in [-0.25, -0.2) is 9.78 Å². The van der Waals surface area contributed by atoms with Gasteiger partial charge in [-0.05, 0) is 63.7 Å². The van der Waals surface area contributed by atoms with E-state index in [0.29, 0.717) is 24.1 Å². The zero-order chi connectivity index (χ0) is 19.5. The van der Waals surface area contributed by atoms with E-state index in [2.05, 4.69) is 20.1 Å². The van der Waals surface area contributed by atoms with Gasteiger partial charge >= 0.3 is 6.09 Å². The first-order chi connectivity index (χ1) is 13.6. The summed E-state index contributed by atoms with van der Waals surface area (Å²) in [5, 5.41) is 11.6. The Morgan fingerprint density at radius 2 is 1.82 bits per heavy atom. The number of carboxylic acid groups (broad SMARTS) is 1. The molecule has 7 heteroatoms. The number of hydrogen-bond acceptors (Lipinski definition) is 5. The fourth-order valence-electron chi connectivity index (χ4n) is 5.13. The first-order valence-corrected chi connectivity index (χ1v) is 10.6. The van der Waals surface area contributed by atoms with Gasteiger partial charge in [0.15, 0.2) is 5.78 Å². The van der Waals surface area contributed by atoms with Crippen LogP contribution in [-0.2, 0) is 0 Å². The number of carbonyl (C=O) groups is 2. The third kappa shape index (κ3) is 4.29. The molecule has 28 heavy (non-hydrogen) atoms. The van der Waals surface area contributed by atoms with E-state index in [0.717, 1.165) is 51.1 Å². The second-order valence-electron chi connectivity index (χ2n) is 8.39. The van der Waals surface area contributed by atoms with E-state index in [1.54, 1.807) is 6.20 Å². The van der Waals surface area contributed by atoms with E-state index in [4.69, 9.17) is 5.11 Å². The molecule has 152 valence electrons. The second-order valence-corrected chi connectivity index (χ2v) is 8.39. The Bertz CT molecular complexity index is 688. The lowest BCUT2D eigenvalue weighted by Gasteiger charge is -2.39. The predicted molar refractivity (Wildman–Crippen MR) is 107 cm³/mol. The van der Waals surface area contributed by atoms with Crippen LogP contribution in [0.25, 0.3) is 0 Å². The van der Waals surface area contributed by atoms with Crippen LogP contribution in [0.3, 0.4) is 0 Å². The maximum atomic E-state index is 12.5. The largest absolute Gasteiger partial charge is 0.465 e. The fraction of sp³-hybridized carbons (Fsp3) is 0.667. The molecule has 1 aromatic heterocycles. The minimum Gasteiger partial charge on any atom is -0.465 e. The number of nitrogens with one attached hydrogen (secondary N) is 1. The van der Waals surface area contributed by atoms with Gasteiger partial charge in [-0.2, -0.15) is 0 Å². The summed E-state index contributed by atoms with van der Waals surface area (Å²) in [7, 11) is 0. The summed E-state index contributed by atoms with van der Waals surface area (Å²) in [6.07, 6.45) is 8.90. The lowest BCUT2D eigenvalue weighted by atomic mass is 9.97. The smallest absolute Gasteiger partial charge is 0.404 e. The highest BCUT2D eigenvalue weighted by molar-refractivity contribution is 5.96. The normalized spacial score (nSPS) is 27.6. The number of fused-ring (bicyclic) bond motifs is 2. The number of piperidine rings is 2. The number of likely N-dealkylation sites (tertiary alicyclic amines) is 1. The molecule has 2 N–H and O–H groups in total. The number of carbonyl (C=O) groups excluding carboxylic acids is 1. The molecule has 3 atom stereocenters. The molecule has 4 heterocycles. The summed E-state index contributed by atoms with van der Waals surface area (Å²) in [4.78, 5) is 32.8. The Kier molecular flexibility index (Phi) is 5.80. The molecule has 2 bridgehead atoms. The van der Waals surface area contributed by atoms with Crippen LogP contribution >= 0.6 is 0 Å². The quantitative estimate of drug-likeness (QED) is 0.731. The number of amides is 1. The molecule has 1 aromatic rings. The molecule has 3 aliphatic rings. The summed E-state index contributed by atoms with van der Waals surface area (Å²) in [6, 6.07) is 4.54. The number of nitrogens with zero attached hydrogens (tertiary/aromatic N) is 3. The molecule has 0 spiro atoms. The number of anilines is 1. The van der Waals surface area contributed by atoms with Crippen LogP contribution in [0.5, 0.6) is 0 Å². The first-order valence-electron chi connectivity index (χ1n) is 10.6. The molecule has 0 radical (unpaired) electrons. The minimum absolute atomic E-state index is 0.0295. The van der Waals surface area contributed by atoms with Gasteiger partial charge in [-0.15, -0.1) is 0 Å². The lowest BCUT2D eigenvalue weighted by Crippen LogP contribution is -2.50. The number of pyridine rings is 1. The third-order valence-corrected chi connectivity index (χ3v) is 6.50. The number of ketones is 1. The number of rotatable bonds is 6. The standard InChI is InChI=1S/C21H30N4O3/c26-19(8-11-24-9-2-1-3-10-24)15-4-7-20(22-14-15)25-17-5-6-18(25)13-16(12-17)23-21(27)28/h4,7,14,16-18,23H,1-3,5-6,8-13H2,(H,27,28)/t16?,17-,18+. The zero-order valence-electron chi connectivity index (χ0n) is 16.3. The minimum atomic E-state index is -0.941. The van der Waals surface area contributed by atoms with Gasteiger partial charge in [0.1, 0.15) is 5.82 Å². The topological polar surface area (TPSA) is 85.8 Å². The Labute approximate surface area is 166 Å². The van der Waals surface area contributed by atoms with Crippen LogP contribution in [0.15, 0.2) is 18.3 Å². The van der Waals surface area contributed by atoms with Crippen molar-refractivity contribution < 1.29 is 14.7 Å². The summed E-state index contributed by atoms with van der Waals surface area (Å²) in [5.74, 6) is 1.07.